The molecule has 0 aliphatic carbocycles. The zero-order chi connectivity index (χ0) is 16.7. The van der Waals surface area contributed by atoms with Gasteiger partial charge in [-0.25, -0.2) is 9.18 Å². The van der Waals surface area contributed by atoms with Gasteiger partial charge in [-0.05, 0) is 19.1 Å². The highest BCUT2D eigenvalue weighted by Crippen LogP contribution is 2.15. The molecule has 1 atom stereocenters. The second kappa shape index (κ2) is 8.69. The number of para-hydroxylation sites is 1. The number of benzene rings is 1. The average Bonchev–Trinajstić information content (AvgIpc) is 2.55. The molecule has 0 radical (unpaired) electrons. The van der Waals surface area contributed by atoms with E-state index in [0.29, 0.717) is 39.3 Å². The Morgan fingerprint density at radius 3 is 2.65 bits per heavy atom. The standard InChI is InChI=1S/C16H23FN2O4/c1-2-22-16(21)19-9-7-18(8-10-19)11-13(20)12-23-15-6-4-3-5-14(15)17/h3-6,13,20H,2,7-12H2,1H3/t13-/m0/s1. The van der Waals surface area contributed by atoms with Crippen LogP contribution in [0.3, 0.4) is 0 Å². The van der Waals surface area contributed by atoms with E-state index in [1.54, 1.807) is 24.0 Å². The van der Waals surface area contributed by atoms with E-state index in [2.05, 4.69) is 0 Å². The second-order valence-electron chi connectivity index (χ2n) is 5.38. The van der Waals surface area contributed by atoms with E-state index in [9.17, 15) is 14.3 Å². The molecule has 1 saturated heterocycles. The van der Waals surface area contributed by atoms with Crippen molar-refractivity contribution in [2.45, 2.75) is 13.0 Å². The van der Waals surface area contributed by atoms with Crippen LogP contribution in [0.1, 0.15) is 6.92 Å². The molecular formula is C16H23FN2O4. The quantitative estimate of drug-likeness (QED) is 0.855. The number of aliphatic hydroxyl groups is 1. The van der Waals surface area contributed by atoms with Crippen molar-refractivity contribution >= 4 is 6.09 Å². The smallest absolute Gasteiger partial charge is 0.409 e. The summed E-state index contributed by atoms with van der Waals surface area (Å²) >= 11 is 0. The van der Waals surface area contributed by atoms with Crippen molar-refractivity contribution in [2.75, 3.05) is 45.9 Å². The average molecular weight is 326 g/mol. The molecule has 0 aromatic heterocycles. The van der Waals surface area contributed by atoms with Gasteiger partial charge in [0, 0.05) is 32.7 Å². The summed E-state index contributed by atoms with van der Waals surface area (Å²) in [4.78, 5) is 15.3. The molecule has 6 nitrogen and oxygen atoms in total. The van der Waals surface area contributed by atoms with Crippen LogP contribution < -0.4 is 4.74 Å². The Morgan fingerprint density at radius 2 is 2.00 bits per heavy atom. The van der Waals surface area contributed by atoms with Crippen LogP contribution >= 0.6 is 0 Å². The first kappa shape index (κ1) is 17.5. The van der Waals surface area contributed by atoms with E-state index in [1.165, 1.54) is 12.1 Å². The molecule has 1 aromatic rings. The van der Waals surface area contributed by atoms with Crippen LogP contribution in [-0.2, 0) is 4.74 Å². The Morgan fingerprint density at radius 1 is 1.30 bits per heavy atom. The zero-order valence-electron chi connectivity index (χ0n) is 13.3. The molecule has 0 saturated carbocycles. The molecule has 2 rings (SSSR count). The minimum absolute atomic E-state index is 0.0268. The third kappa shape index (κ3) is 5.37. The van der Waals surface area contributed by atoms with Crippen molar-refractivity contribution in [1.29, 1.82) is 0 Å². The van der Waals surface area contributed by atoms with Gasteiger partial charge in [0.15, 0.2) is 11.6 Å². The fraction of sp³-hybridized carbons (Fsp3) is 0.562. The molecule has 7 heteroatoms. The predicted molar refractivity (Wildman–Crippen MR) is 82.9 cm³/mol. The van der Waals surface area contributed by atoms with Gasteiger partial charge in [-0.15, -0.1) is 0 Å². The van der Waals surface area contributed by atoms with Crippen LogP contribution in [0.4, 0.5) is 9.18 Å². The number of halogens is 1. The van der Waals surface area contributed by atoms with E-state index < -0.39 is 11.9 Å². The number of nitrogens with zero attached hydrogens (tertiary/aromatic N) is 2. The lowest BCUT2D eigenvalue weighted by molar-refractivity contribution is 0.0401. The van der Waals surface area contributed by atoms with Crippen LogP contribution in [0.5, 0.6) is 5.75 Å². The van der Waals surface area contributed by atoms with Crippen LogP contribution in [-0.4, -0.2) is 73.0 Å². The van der Waals surface area contributed by atoms with Crippen molar-refractivity contribution in [3.63, 3.8) is 0 Å². The van der Waals surface area contributed by atoms with Crippen molar-refractivity contribution < 1.29 is 23.8 Å². The van der Waals surface area contributed by atoms with Crippen molar-refractivity contribution in [1.82, 2.24) is 9.80 Å². The minimum Gasteiger partial charge on any atom is -0.488 e. The summed E-state index contributed by atoms with van der Waals surface area (Å²) in [6, 6.07) is 6.11. The minimum atomic E-state index is -0.719. The van der Waals surface area contributed by atoms with Gasteiger partial charge in [0.05, 0.1) is 6.61 Å². The molecule has 0 spiro atoms. The summed E-state index contributed by atoms with van der Waals surface area (Å²) in [6.07, 6.45) is -1.01. The van der Waals surface area contributed by atoms with Gasteiger partial charge in [-0.1, -0.05) is 12.1 Å². The monoisotopic (exact) mass is 326 g/mol. The van der Waals surface area contributed by atoms with Gasteiger partial charge < -0.3 is 19.5 Å². The summed E-state index contributed by atoms with van der Waals surface area (Å²) in [6.45, 7) is 5.06. The van der Waals surface area contributed by atoms with Gasteiger partial charge in [0.2, 0.25) is 0 Å². The Labute approximate surface area is 135 Å². The number of β-amino-alcohol motifs (C(OH)–C–C–N with tert-alkyl or cyclic N) is 1. The van der Waals surface area contributed by atoms with Crippen molar-refractivity contribution in [3.8, 4) is 5.75 Å². The highest BCUT2D eigenvalue weighted by atomic mass is 19.1. The van der Waals surface area contributed by atoms with Crippen molar-refractivity contribution in [3.05, 3.63) is 30.1 Å². The Hall–Kier alpha value is -1.86. The molecule has 128 valence electrons. The van der Waals surface area contributed by atoms with Gasteiger partial charge in [0.25, 0.3) is 0 Å². The van der Waals surface area contributed by atoms with Crippen LogP contribution in [0.2, 0.25) is 0 Å². The van der Waals surface area contributed by atoms with Crippen LogP contribution in [0.25, 0.3) is 0 Å². The van der Waals surface area contributed by atoms with Gasteiger partial charge >= 0.3 is 6.09 Å². The molecular weight excluding hydrogens is 303 g/mol. The van der Waals surface area contributed by atoms with Gasteiger partial charge in [-0.2, -0.15) is 0 Å². The summed E-state index contributed by atoms with van der Waals surface area (Å²) in [5.74, 6) is -0.304. The maximum Gasteiger partial charge on any atom is 0.409 e. The van der Waals surface area contributed by atoms with Crippen molar-refractivity contribution in [2.24, 2.45) is 0 Å². The predicted octanol–water partition coefficient (Wildman–Crippen LogP) is 1.34. The number of carbonyl (C=O) groups excluding carboxylic acids is 1. The lowest BCUT2D eigenvalue weighted by Gasteiger charge is -2.34. The van der Waals surface area contributed by atoms with E-state index in [-0.39, 0.29) is 18.4 Å². The van der Waals surface area contributed by atoms with Crippen LogP contribution in [0.15, 0.2) is 24.3 Å². The third-order valence-electron chi connectivity index (χ3n) is 3.64. The first-order chi connectivity index (χ1) is 11.1. The van der Waals surface area contributed by atoms with Crippen LogP contribution in [0, 0.1) is 5.82 Å². The molecule has 0 bridgehead atoms. The molecule has 1 N–H and O–H groups in total. The lowest BCUT2D eigenvalue weighted by Crippen LogP contribution is -2.51. The zero-order valence-corrected chi connectivity index (χ0v) is 13.3. The molecule has 1 aliphatic rings. The second-order valence-corrected chi connectivity index (χ2v) is 5.38. The van der Waals surface area contributed by atoms with E-state index >= 15 is 0 Å². The maximum absolute atomic E-state index is 13.4. The Bertz CT molecular complexity index is 507. The highest BCUT2D eigenvalue weighted by Gasteiger charge is 2.23. The molecule has 1 aliphatic heterocycles. The number of ether oxygens (including phenoxy) is 2. The summed E-state index contributed by atoms with van der Waals surface area (Å²) in [7, 11) is 0. The number of carbonyl (C=O) groups is 1. The Balaban J connectivity index is 1.69. The highest BCUT2D eigenvalue weighted by molar-refractivity contribution is 5.67. The SMILES string of the molecule is CCOC(=O)N1CCN(C[C@H](O)COc2ccccc2F)CC1. The topological polar surface area (TPSA) is 62.2 Å². The molecule has 1 fully saturated rings. The molecule has 23 heavy (non-hydrogen) atoms. The normalized spacial score (nSPS) is 16.9. The number of rotatable bonds is 6. The first-order valence-corrected chi connectivity index (χ1v) is 7.79. The maximum atomic E-state index is 13.4. The Kier molecular flexibility index (Phi) is 6.61. The summed E-state index contributed by atoms with van der Waals surface area (Å²) in [5.41, 5.74) is 0. The fourth-order valence-electron chi connectivity index (χ4n) is 2.43. The lowest BCUT2D eigenvalue weighted by atomic mass is 10.2. The molecule has 0 unspecified atom stereocenters. The van der Waals surface area contributed by atoms with E-state index in [0.717, 1.165) is 0 Å². The molecule has 1 heterocycles. The number of amides is 1. The summed E-state index contributed by atoms with van der Waals surface area (Å²) in [5, 5.41) is 10.0. The largest absolute Gasteiger partial charge is 0.488 e. The number of aliphatic hydroxyl groups excluding tert-OH is 1. The fourth-order valence-corrected chi connectivity index (χ4v) is 2.43. The summed E-state index contributed by atoms with van der Waals surface area (Å²) < 4.78 is 23.7. The van der Waals surface area contributed by atoms with E-state index in [1.807, 2.05) is 4.90 Å². The number of hydrogen-bond donors (Lipinski definition) is 1. The van der Waals surface area contributed by atoms with E-state index in [4.69, 9.17) is 9.47 Å². The third-order valence-corrected chi connectivity index (χ3v) is 3.64. The number of hydrogen-bond acceptors (Lipinski definition) is 5. The number of piperazine rings is 1. The van der Waals surface area contributed by atoms with Gasteiger partial charge in [0.1, 0.15) is 12.7 Å². The first-order valence-electron chi connectivity index (χ1n) is 7.79. The van der Waals surface area contributed by atoms with Gasteiger partial charge in [-0.3, -0.25) is 4.90 Å². The molecule has 1 amide bonds. The molecule has 1 aromatic carbocycles.